The molecule has 0 aliphatic heterocycles. The fourth-order valence-corrected chi connectivity index (χ4v) is 3.54. The molecule has 0 aromatic heterocycles. The lowest BCUT2D eigenvalue weighted by atomic mass is 9.91. The molecule has 3 heteroatoms. The number of rotatable bonds is 17. The first kappa shape index (κ1) is 26.3. The summed E-state index contributed by atoms with van der Waals surface area (Å²) in [6, 6.07) is 0. The highest BCUT2D eigenvalue weighted by molar-refractivity contribution is 5.82. The van der Waals surface area contributed by atoms with Crippen molar-refractivity contribution in [2.75, 3.05) is 6.61 Å². The van der Waals surface area contributed by atoms with E-state index in [-0.39, 0.29) is 5.78 Å². The summed E-state index contributed by atoms with van der Waals surface area (Å²) in [5.74, 6) is 2.23. The normalized spacial score (nSPS) is 15.8. The van der Waals surface area contributed by atoms with Gasteiger partial charge in [0.05, 0.1) is 6.61 Å². The quantitative estimate of drug-likeness (QED) is 0.300. The molecule has 0 fully saturated rings. The van der Waals surface area contributed by atoms with Crippen molar-refractivity contribution >= 4 is 5.78 Å². The summed E-state index contributed by atoms with van der Waals surface area (Å²) in [6.07, 6.45) is 13.6. The van der Waals surface area contributed by atoms with Gasteiger partial charge in [-0.25, -0.2) is 0 Å². The Morgan fingerprint density at radius 3 is 1.89 bits per heavy atom. The Morgan fingerprint density at radius 2 is 1.37 bits per heavy atom. The molecule has 0 aromatic rings. The Labute approximate surface area is 168 Å². The van der Waals surface area contributed by atoms with Crippen molar-refractivity contribution in [1.29, 1.82) is 0 Å². The van der Waals surface area contributed by atoms with Crippen LogP contribution < -0.4 is 0 Å². The molecule has 0 spiro atoms. The maximum absolute atomic E-state index is 11.5. The van der Waals surface area contributed by atoms with Crippen LogP contribution in [0, 0.1) is 17.8 Å². The first-order chi connectivity index (χ1) is 12.8. The maximum atomic E-state index is 11.5. The third-order valence-corrected chi connectivity index (χ3v) is 5.57. The number of aliphatic hydroxyl groups excluding tert-OH is 2. The Hall–Kier alpha value is -0.670. The Morgan fingerprint density at radius 1 is 0.852 bits per heavy atom. The zero-order valence-electron chi connectivity index (χ0n) is 18.7. The van der Waals surface area contributed by atoms with Gasteiger partial charge in [0.1, 0.15) is 6.10 Å². The largest absolute Gasteiger partial charge is 0.393 e. The van der Waals surface area contributed by atoms with Gasteiger partial charge in [-0.1, -0.05) is 84.3 Å². The van der Waals surface area contributed by atoms with Crippen LogP contribution in [0.5, 0.6) is 0 Å². The van der Waals surface area contributed by atoms with E-state index >= 15 is 0 Å². The molecule has 3 nitrogen and oxygen atoms in total. The number of carbonyl (C=O) groups is 1. The topological polar surface area (TPSA) is 57.5 Å². The van der Waals surface area contributed by atoms with Crippen LogP contribution in [0.15, 0.2) is 11.6 Å². The van der Waals surface area contributed by atoms with Gasteiger partial charge in [0.25, 0.3) is 0 Å². The minimum absolute atomic E-state index is 0.270. The molecule has 0 aliphatic carbocycles. The second-order valence-corrected chi connectivity index (χ2v) is 9.11. The molecule has 0 rings (SSSR count). The zero-order chi connectivity index (χ0) is 20.7. The molecule has 160 valence electrons. The molecule has 3 unspecified atom stereocenters. The van der Waals surface area contributed by atoms with Gasteiger partial charge in [0.2, 0.25) is 0 Å². The van der Waals surface area contributed by atoms with Crippen LogP contribution in [-0.4, -0.2) is 28.7 Å². The lowest BCUT2D eigenvalue weighted by molar-refractivity contribution is -0.128. The van der Waals surface area contributed by atoms with E-state index in [4.69, 9.17) is 5.11 Å². The number of Topliss-reactive ketones (excluding diaryl/α,β-unsaturated/α-hetero) is 1. The van der Waals surface area contributed by atoms with Crippen molar-refractivity contribution < 1.29 is 15.0 Å². The highest BCUT2D eigenvalue weighted by Crippen LogP contribution is 2.22. The van der Waals surface area contributed by atoms with Crippen molar-refractivity contribution in [2.45, 2.75) is 111 Å². The molecule has 0 heterocycles. The summed E-state index contributed by atoms with van der Waals surface area (Å²) < 4.78 is 0. The summed E-state index contributed by atoms with van der Waals surface area (Å²) in [5.41, 5.74) is 1.33. The van der Waals surface area contributed by atoms with Crippen LogP contribution >= 0.6 is 0 Å². The third kappa shape index (κ3) is 16.0. The number of ketones is 1. The van der Waals surface area contributed by atoms with E-state index in [1.165, 1.54) is 56.9 Å². The van der Waals surface area contributed by atoms with Crippen LogP contribution in [-0.2, 0) is 4.79 Å². The fourth-order valence-electron chi connectivity index (χ4n) is 3.54. The third-order valence-electron chi connectivity index (χ3n) is 5.57. The number of hydrogen-bond donors (Lipinski definition) is 2. The minimum Gasteiger partial charge on any atom is -0.393 e. The van der Waals surface area contributed by atoms with Crippen molar-refractivity contribution in [3.05, 3.63) is 11.6 Å². The van der Waals surface area contributed by atoms with E-state index in [9.17, 15) is 9.90 Å². The Balaban J connectivity index is 3.73. The first-order valence-corrected chi connectivity index (χ1v) is 11.2. The second-order valence-electron chi connectivity index (χ2n) is 9.11. The van der Waals surface area contributed by atoms with E-state index in [1.54, 1.807) is 0 Å². The highest BCUT2D eigenvalue weighted by Gasteiger charge is 2.12. The number of carbonyl (C=O) groups excluding carboxylic acids is 1. The number of aliphatic hydroxyl groups is 2. The van der Waals surface area contributed by atoms with Gasteiger partial charge < -0.3 is 10.2 Å². The molecule has 0 amide bonds. The van der Waals surface area contributed by atoms with E-state index in [1.807, 2.05) is 0 Å². The summed E-state index contributed by atoms with van der Waals surface area (Å²) in [4.78, 5) is 11.5. The van der Waals surface area contributed by atoms with Crippen LogP contribution in [0.25, 0.3) is 0 Å². The van der Waals surface area contributed by atoms with Crippen LogP contribution in [0.2, 0.25) is 0 Å². The summed E-state index contributed by atoms with van der Waals surface area (Å²) in [5, 5.41) is 18.0. The van der Waals surface area contributed by atoms with Crippen LogP contribution in [0.3, 0.4) is 0 Å². The van der Waals surface area contributed by atoms with E-state index < -0.39 is 12.7 Å². The fraction of sp³-hybridized carbons (Fsp3) is 0.875. The molecular formula is C24H46O3. The summed E-state index contributed by atoms with van der Waals surface area (Å²) in [7, 11) is 0. The monoisotopic (exact) mass is 382 g/mol. The van der Waals surface area contributed by atoms with Gasteiger partial charge in [-0.15, -0.1) is 0 Å². The smallest absolute Gasteiger partial charge is 0.163 e. The first-order valence-electron chi connectivity index (χ1n) is 11.2. The molecule has 0 saturated heterocycles. The molecule has 0 aromatic carbocycles. The molecule has 0 bridgehead atoms. The predicted octanol–water partition coefficient (Wildman–Crippen LogP) is 6.07. The van der Waals surface area contributed by atoms with Gasteiger partial charge in [0, 0.05) is 6.42 Å². The van der Waals surface area contributed by atoms with Crippen LogP contribution in [0.1, 0.15) is 105 Å². The van der Waals surface area contributed by atoms with Crippen molar-refractivity contribution in [3.63, 3.8) is 0 Å². The maximum Gasteiger partial charge on any atom is 0.163 e. The molecule has 2 N–H and O–H groups in total. The molecule has 3 atom stereocenters. The molecule has 27 heavy (non-hydrogen) atoms. The van der Waals surface area contributed by atoms with Crippen molar-refractivity contribution in [1.82, 2.24) is 0 Å². The summed E-state index contributed by atoms with van der Waals surface area (Å²) in [6.45, 7) is 11.0. The molecule has 0 aliphatic rings. The number of hydrogen-bond acceptors (Lipinski definition) is 3. The number of allylic oxidation sites excluding steroid dienone is 2. The van der Waals surface area contributed by atoms with Gasteiger partial charge in [-0.2, -0.15) is 0 Å². The lowest BCUT2D eigenvalue weighted by Crippen LogP contribution is -2.23. The van der Waals surface area contributed by atoms with E-state index in [0.29, 0.717) is 12.8 Å². The van der Waals surface area contributed by atoms with Gasteiger partial charge in [-0.05, 0) is 43.9 Å². The Kier molecular flexibility index (Phi) is 15.9. The SMILES string of the molecule is CC(=CCCC(=O)C(O)CO)CCCC(C)CCCC(C)CCCC(C)C. The molecule has 0 radical (unpaired) electrons. The lowest BCUT2D eigenvalue weighted by Gasteiger charge is -2.15. The van der Waals surface area contributed by atoms with Crippen LogP contribution in [0.4, 0.5) is 0 Å². The van der Waals surface area contributed by atoms with E-state index in [0.717, 1.165) is 24.2 Å². The van der Waals surface area contributed by atoms with E-state index in [2.05, 4.69) is 40.7 Å². The van der Waals surface area contributed by atoms with Gasteiger partial charge >= 0.3 is 0 Å². The average molecular weight is 383 g/mol. The molecule has 0 saturated carbocycles. The van der Waals surface area contributed by atoms with Gasteiger partial charge in [0.15, 0.2) is 5.78 Å². The highest BCUT2D eigenvalue weighted by atomic mass is 16.3. The second kappa shape index (κ2) is 16.3. The zero-order valence-corrected chi connectivity index (χ0v) is 18.7. The minimum atomic E-state index is -1.21. The standard InChI is InChI=1S/C24H46O3/c1-19(2)10-6-11-20(3)12-7-13-21(4)14-8-15-22(5)16-9-17-23(26)24(27)18-25/h16,19-21,24-25,27H,6-15,17-18H2,1-5H3. The van der Waals surface area contributed by atoms with Crippen molar-refractivity contribution in [2.24, 2.45) is 17.8 Å². The summed E-state index contributed by atoms with van der Waals surface area (Å²) >= 11 is 0. The van der Waals surface area contributed by atoms with Gasteiger partial charge in [-0.3, -0.25) is 4.79 Å². The average Bonchev–Trinajstić information content (AvgIpc) is 2.60. The predicted molar refractivity (Wildman–Crippen MR) is 116 cm³/mol. The Bertz CT molecular complexity index is 400. The molecular weight excluding hydrogens is 336 g/mol. The van der Waals surface area contributed by atoms with Crippen molar-refractivity contribution in [3.8, 4) is 0 Å².